The summed E-state index contributed by atoms with van der Waals surface area (Å²) in [6.07, 6.45) is 19.5. The molecule has 0 amide bonds. The van der Waals surface area contributed by atoms with Crippen LogP contribution in [0.15, 0.2) is 0 Å². The van der Waals surface area contributed by atoms with Crippen LogP contribution in [0.3, 0.4) is 0 Å². The van der Waals surface area contributed by atoms with Crippen LogP contribution in [-0.2, 0) is 20.8 Å². The third-order valence-electron chi connectivity index (χ3n) is 3.87. The van der Waals surface area contributed by atoms with Crippen molar-refractivity contribution in [3.05, 3.63) is 63.2 Å². The molecule has 0 aromatic heterocycles. The number of fused-ring (bicyclic) bond motifs is 1. The van der Waals surface area contributed by atoms with Gasteiger partial charge < -0.3 is 0 Å². The van der Waals surface area contributed by atoms with E-state index in [1.165, 1.54) is 12.8 Å². The Kier molecular flexibility index (Phi) is 10.0. The second-order valence-corrected chi connectivity index (χ2v) is 9.48. The van der Waals surface area contributed by atoms with Crippen LogP contribution in [0.2, 0.25) is 0 Å². The molecule has 0 spiro atoms. The number of hydrogen-bond donors (Lipinski definition) is 0. The average Bonchev–Trinajstić information content (AvgIpc) is 3.08. The van der Waals surface area contributed by atoms with E-state index in [4.69, 9.17) is 17.0 Å². The molecule has 3 aliphatic carbocycles. The quantitative estimate of drug-likeness (QED) is 0.506. The summed E-state index contributed by atoms with van der Waals surface area (Å²) >= 11 is -0.826. The van der Waals surface area contributed by atoms with Gasteiger partial charge in [-0.15, -0.1) is 0 Å². The number of halogens is 2. The maximum atomic E-state index is 4.93. The first-order valence-electron chi connectivity index (χ1n) is 6.92. The number of hydrogen-bond acceptors (Lipinski definition) is 0. The van der Waals surface area contributed by atoms with Crippen molar-refractivity contribution in [3.63, 3.8) is 0 Å². The molecule has 1 atom stereocenters. The van der Waals surface area contributed by atoms with Crippen LogP contribution in [0.5, 0.6) is 0 Å². The average molecular weight is 388 g/mol. The Labute approximate surface area is 145 Å². The Morgan fingerprint density at radius 1 is 1.00 bits per heavy atom. The van der Waals surface area contributed by atoms with Crippen molar-refractivity contribution >= 4 is 17.0 Å². The minimum atomic E-state index is -0.826. The van der Waals surface area contributed by atoms with Crippen molar-refractivity contribution in [3.8, 4) is 0 Å². The van der Waals surface area contributed by atoms with E-state index in [1.807, 2.05) is 32.1 Å². The molecule has 0 nitrogen and oxygen atoms in total. The summed E-state index contributed by atoms with van der Waals surface area (Å²) in [6, 6.07) is 0. The maximum absolute atomic E-state index is 4.93. The summed E-state index contributed by atoms with van der Waals surface area (Å²) in [5, 5.41) is 0. The van der Waals surface area contributed by atoms with Crippen LogP contribution < -0.4 is 0 Å². The molecule has 1 unspecified atom stereocenters. The van der Waals surface area contributed by atoms with Gasteiger partial charge in [0.25, 0.3) is 0 Å². The summed E-state index contributed by atoms with van der Waals surface area (Å²) in [4.78, 5) is 0. The van der Waals surface area contributed by atoms with Crippen molar-refractivity contribution in [2.75, 3.05) is 0 Å². The molecule has 3 heteroatoms. The van der Waals surface area contributed by atoms with Gasteiger partial charge in [0.05, 0.1) is 0 Å². The van der Waals surface area contributed by atoms with E-state index in [-0.39, 0.29) is 0 Å². The van der Waals surface area contributed by atoms with Crippen molar-refractivity contribution in [1.29, 1.82) is 0 Å². The molecule has 0 aliphatic heterocycles. The zero-order valence-corrected chi connectivity index (χ0v) is 16.3. The first kappa shape index (κ1) is 19.5. The molecule has 20 heavy (non-hydrogen) atoms. The standard InChI is InChI=1S/C12H17.C5H5.2ClH.Zr/c1-9-7-8-12(2,3)11-6-4-5-10(9)11;1-2-4-5-3-1;;;/h4-6,9H,7-8H2,1-3H3;1-5H;2*1H;/q;;;;+4/p-2. The Bertz CT molecular complexity index is 244. The van der Waals surface area contributed by atoms with E-state index < -0.39 is 20.8 Å². The van der Waals surface area contributed by atoms with Gasteiger partial charge in [-0.1, -0.05) is 20.8 Å². The van der Waals surface area contributed by atoms with Crippen LogP contribution in [0.25, 0.3) is 0 Å². The molecule has 3 rings (SSSR count). The van der Waals surface area contributed by atoms with Gasteiger partial charge in [0.1, 0.15) is 0 Å². The fraction of sp³-hybridized carbons (Fsp3) is 0.412. The van der Waals surface area contributed by atoms with E-state index in [2.05, 4.69) is 40.0 Å². The molecule has 10 radical (unpaired) electrons. The molecule has 3 aliphatic rings. The molecule has 0 N–H and O–H groups in total. The van der Waals surface area contributed by atoms with Gasteiger partial charge in [-0.3, -0.25) is 0 Å². The number of rotatable bonds is 0. The van der Waals surface area contributed by atoms with Crippen LogP contribution in [0, 0.1) is 74.5 Å². The van der Waals surface area contributed by atoms with Crippen LogP contribution in [0.4, 0.5) is 0 Å². The molecule has 0 heterocycles. The molecule has 0 bridgehead atoms. The Morgan fingerprint density at radius 3 is 1.95 bits per heavy atom. The van der Waals surface area contributed by atoms with Crippen LogP contribution in [-0.4, -0.2) is 0 Å². The Morgan fingerprint density at radius 2 is 1.50 bits per heavy atom. The molecule has 3 fully saturated rings. The monoisotopic (exact) mass is 386 g/mol. The predicted octanol–water partition coefficient (Wildman–Crippen LogP) is 5.62. The van der Waals surface area contributed by atoms with Crippen molar-refractivity contribution < 1.29 is 20.8 Å². The third kappa shape index (κ3) is 6.30. The zero-order chi connectivity index (χ0) is 15.0. The third-order valence-corrected chi connectivity index (χ3v) is 3.87. The van der Waals surface area contributed by atoms with Gasteiger partial charge in [0.15, 0.2) is 0 Å². The normalized spacial score (nSPS) is 28.6. The van der Waals surface area contributed by atoms with E-state index in [1.54, 1.807) is 11.8 Å². The fourth-order valence-electron chi connectivity index (χ4n) is 2.67. The first-order chi connectivity index (χ1) is 9.53. The second kappa shape index (κ2) is 10.3. The summed E-state index contributed by atoms with van der Waals surface area (Å²) in [5.74, 6) is 3.95. The molecule has 3 saturated carbocycles. The van der Waals surface area contributed by atoms with Gasteiger partial charge in [0.2, 0.25) is 0 Å². The second-order valence-electron chi connectivity index (χ2n) is 5.75. The van der Waals surface area contributed by atoms with E-state index in [0.717, 1.165) is 5.92 Å². The van der Waals surface area contributed by atoms with Crippen LogP contribution >= 0.6 is 17.0 Å². The van der Waals surface area contributed by atoms with Crippen LogP contribution in [0.1, 0.15) is 33.6 Å². The molecule has 0 aromatic carbocycles. The summed E-state index contributed by atoms with van der Waals surface area (Å²) in [7, 11) is 9.87. The molecular weight excluding hydrogens is 366 g/mol. The Balaban J connectivity index is 0.000000208. The minimum absolute atomic E-state index is 0.422. The summed E-state index contributed by atoms with van der Waals surface area (Å²) < 4.78 is 0. The van der Waals surface area contributed by atoms with Gasteiger partial charge in [-0.2, -0.15) is 0 Å². The molecular formula is C17H22Cl2Zr+2. The van der Waals surface area contributed by atoms with E-state index in [9.17, 15) is 0 Å². The predicted molar refractivity (Wildman–Crippen MR) is 84.8 cm³/mol. The van der Waals surface area contributed by atoms with Crippen molar-refractivity contribution in [1.82, 2.24) is 0 Å². The van der Waals surface area contributed by atoms with E-state index in [0.29, 0.717) is 5.41 Å². The van der Waals surface area contributed by atoms with Crippen molar-refractivity contribution in [2.45, 2.75) is 33.6 Å². The SMILES string of the molecule is CC1CCC(C)(C)[C]2[CH][CH][CH][C]21.[CH]1[CH][CH][CH][CH]1.[Cl][Zr+2][Cl]. The first-order valence-corrected chi connectivity index (χ1v) is 13.2. The van der Waals surface area contributed by atoms with Gasteiger partial charge in [-0.25, -0.2) is 0 Å². The topological polar surface area (TPSA) is 0 Å². The van der Waals surface area contributed by atoms with Gasteiger partial charge >= 0.3 is 37.9 Å². The van der Waals surface area contributed by atoms with Crippen molar-refractivity contribution in [2.24, 2.45) is 11.3 Å². The molecule has 106 valence electrons. The summed E-state index contributed by atoms with van der Waals surface area (Å²) in [6.45, 7) is 7.06. The molecule has 0 aromatic rings. The fourth-order valence-corrected chi connectivity index (χ4v) is 2.67. The zero-order valence-electron chi connectivity index (χ0n) is 12.4. The van der Waals surface area contributed by atoms with E-state index >= 15 is 0 Å². The Hall–Kier alpha value is 1.46. The van der Waals surface area contributed by atoms with Gasteiger partial charge in [-0.05, 0) is 87.4 Å². The summed E-state index contributed by atoms with van der Waals surface area (Å²) in [5.41, 5.74) is 0.422. The van der Waals surface area contributed by atoms with Gasteiger partial charge in [0, 0.05) is 0 Å². The molecule has 0 saturated heterocycles.